The van der Waals surface area contributed by atoms with E-state index in [1.54, 1.807) is 19.4 Å². The van der Waals surface area contributed by atoms with Crippen LogP contribution in [0.1, 0.15) is 18.5 Å². The highest BCUT2D eigenvalue weighted by Crippen LogP contribution is 2.18. The Morgan fingerprint density at radius 3 is 2.30 bits per heavy atom. The van der Waals surface area contributed by atoms with E-state index in [4.69, 9.17) is 0 Å². The van der Waals surface area contributed by atoms with Gasteiger partial charge in [-0.05, 0) is 24.6 Å². The zero-order chi connectivity index (χ0) is 14.5. The molecule has 0 aliphatic carbocycles. The van der Waals surface area contributed by atoms with E-state index < -0.39 is 0 Å². The van der Waals surface area contributed by atoms with E-state index in [1.807, 2.05) is 38.1 Å². The fraction of sp³-hybridized carbons (Fsp3) is 0.385. The molecule has 1 atom stereocenters. The highest BCUT2D eigenvalue weighted by atomic mass is 15.3. The second-order valence-electron chi connectivity index (χ2n) is 4.57. The molecule has 0 spiro atoms. The van der Waals surface area contributed by atoms with Gasteiger partial charge in [-0.1, -0.05) is 0 Å². The predicted molar refractivity (Wildman–Crippen MR) is 80.0 cm³/mol. The average molecular weight is 273 g/mol. The SMILES string of the molecule is CNc1nc(NC(C)c2ccncc2)nc(N(C)C)n1. The van der Waals surface area contributed by atoms with E-state index in [-0.39, 0.29) is 6.04 Å². The fourth-order valence-corrected chi connectivity index (χ4v) is 1.67. The number of anilines is 3. The Morgan fingerprint density at radius 1 is 1.05 bits per heavy atom. The average Bonchev–Trinajstić information content (AvgIpc) is 2.47. The summed E-state index contributed by atoms with van der Waals surface area (Å²) in [5, 5.41) is 6.21. The third kappa shape index (κ3) is 3.31. The van der Waals surface area contributed by atoms with E-state index in [9.17, 15) is 0 Å². The van der Waals surface area contributed by atoms with Gasteiger partial charge < -0.3 is 15.5 Å². The van der Waals surface area contributed by atoms with Gasteiger partial charge in [0.25, 0.3) is 0 Å². The van der Waals surface area contributed by atoms with Crippen LogP contribution >= 0.6 is 0 Å². The van der Waals surface area contributed by atoms with Crippen molar-refractivity contribution < 1.29 is 0 Å². The molecular formula is C13H19N7. The molecule has 2 rings (SSSR count). The topological polar surface area (TPSA) is 78.9 Å². The van der Waals surface area contributed by atoms with Crippen LogP contribution in [0.4, 0.5) is 17.8 Å². The summed E-state index contributed by atoms with van der Waals surface area (Å²) in [6.45, 7) is 2.05. The second kappa shape index (κ2) is 6.14. The maximum absolute atomic E-state index is 4.38. The lowest BCUT2D eigenvalue weighted by molar-refractivity contribution is 0.846. The van der Waals surface area contributed by atoms with Crippen molar-refractivity contribution in [2.24, 2.45) is 0 Å². The molecule has 2 aromatic heterocycles. The van der Waals surface area contributed by atoms with Crippen LogP contribution in [0.2, 0.25) is 0 Å². The Bertz CT molecular complexity index is 556. The van der Waals surface area contributed by atoms with E-state index in [2.05, 4.69) is 30.6 Å². The molecule has 0 aromatic carbocycles. The highest BCUT2D eigenvalue weighted by Gasteiger charge is 2.10. The van der Waals surface area contributed by atoms with Gasteiger partial charge in [-0.25, -0.2) is 0 Å². The van der Waals surface area contributed by atoms with Gasteiger partial charge in [0.2, 0.25) is 17.8 Å². The van der Waals surface area contributed by atoms with Crippen LogP contribution in [0.5, 0.6) is 0 Å². The Kier molecular flexibility index (Phi) is 4.29. The van der Waals surface area contributed by atoms with Crippen LogP contribution in [0.3, 0.4) is 0 Å². The zero-order valence-electron chi connectivity index (χ0n) is 12.1. The summed E-state index contributed by atoms with van der Waals surface area (Å²) < 4.78 is 0. The Labute approximate surface area is 118 Å². The maximum atomic E-state index is 4.38. The Hall–Kier alpha value is -2.44. The van der Waals surface area contributed by atoms with Crippen molar-refractivity contribution in [1.82, 2.24) is 19.9 Å². The van der Waals surface area contributed by atoms with Crippen molar-refractivity contribution in [1.29, 1.82) is 0 Å². The van der Waals surface area contributed by atoms with Crippen molar-refractivity contribution in [2.45, 2.75) is 13.0 Å². The van der Waals surface area contributed by atoms with Crippen molar-refractivity contribution in [3.8, 4) is 0 Å². The smallest absolute Gasteiger partial charge is 0.231 e. The highest BCUT2D eigenvalue weighted by molar-refractivity contribution is 5.43. The van der Waals surface area contributed by atoms with Crippen LogP contribution in [0.25, 0.3) is 0 Å². The number of nitrogens with zero attached hydrogens (tertiary/aromatic N) is 5. The third-order valence-corrected chi connectivity index (χ3v) is 2.80. The van der Waals surface area contributed by atoms with E-state index >= 15 is 0 Å². The van der Waals surface area contributed by atoms with Crippen LogP contribution in [-0.2, 0) is 0 Å². The van der Waals surface area contributed by atoms with Crippen LogP contribution in [0, 0.1) is 0 Å². The van der Waals surface area contributed by atoms with Gasteiger partial charge in [-0.15, -0.1) is 0 Å². The second-order valence-corrected chi connectivity index (χ2v) is 4.57. The van der Waals surface area contributed by atoms with Gasteiger partial charge in [0.15, 0.2) is 0 Å². The molecule has 0 aliphatic rings. The predicted octanol–water partition coefficient (Wildman–Crippen LogP) is 1.55. The van der Waals surface area contributed by atoms with Gasteiger partial charge in [-0.2, -0.15) is 15.0 Å². The third-order valence-electron chi connectivity index (χ3n) is 2.80. The van der Waals surface area contributed by atoms with Crippen LogP contribution in [0.15, 0.2) is 24.5 Å². The van der Waals surface area contributed by atoms with Crippen LogP contribution in [-0.4, -0.2) is 41.1 Å². The largest absolute Gasteiger partial charge is 0.357 e. The number of hydrogen-bond donors (Lipinski definition) is 2. The lowest BCUT2D eigenvalue weighted by Gasteiger charge is -2.17. The zero-order valence-corrected chi connectivity index (χ0v) is 12.1. The summed E-state index contributed by atoms with van der Waals surface area (Å²) in [5.74, 6) is 1.68. The van der Waals surface area contributed by atoms with E-state index in [1.165, 1.54) is 0 Å². The summed E-state index contributed by atoms with van der Waals surface area (Å²) in [6, 6.07) is 4.01. The molecule has 2 heterocycles. The summed E-state index contributed by atoms with van der Waals surface area (Å²) in [6.07, 6.45) is 3.54. The number of rotatable bonds is 5. The normalized spacial score (nSPS) is 11.8. The molecule has 7 nitrogen and oxygen atoms in total. The minimum absolute atomic E-state index is 0.0834. The van der Waals surface area contributed by atoms with E-state index in [0.29, 0.717) is 17.8 Å². The van der Waals surface area contributed by atoms with Gasteiger partial charge >= 0.3 is 0 Å². The van der Waals surface area contributed by atoms with Gasteiger partial charge in [0, 0.05) is 33.5 Å². The first kappa shape index (κ1) is 14.0. The Morgan fingerprint density at radius 2 is 1.70 bits per heavy atom. The first-order chi connectivity index (χ1) is 9.60. The molecule has 0 amide bonds. The molecule has 0 fully saturated rings. The molecule has 1 unspecified atom stereocenters. The minimum Gasteiger partial charge on any atom is -0.357 e. The summed E-state index contributed by atoms with van der Waals surface area (Å²) >= 11 is 0. The molecule has 7 heteroatoms. The summed E-state index contributed by atoms with van der Waals surface area (Å²) in [4.78, 5) is 18.8. The molecule has 106 valence electrons. The minimum atomic E-state index is 0.0834. The Balaban J connectivity index is 2.22. The number of aromatic nitrogens is 4. The summed E-state index contributed by atoms with van der Waals surface area (Å²) in [5.41, 5.74) is 1.12. The molecular weight excluding hydrogens is 254 g/mol. The number of pyridine rings is 1. The first-order valence-electron chi connectivity index (χ1n) is 6.37. The molecule has 0 saturated heterocycles. The lowest BCUT2D eigenvalue weighted by Crippen LogP contribution is -2.17. The molecule has 20 heavy (non-hydrogen) atoms. The van der Waals surface area contributed by atoms with Crippen molar-refractivity contribution in [3.63, 3.8) is 0 Å². The molecule has 2 N–H and O–H groups in total. The fourth-order valence-electron chi connectivity index (χ4n) is 1.67. The molecule has 2 aromatic rings. The monoisotopic (exact) mass is 273 g/mol. The van der Waals surface area contributed by atoms with Gasteiger partial charge in [0.05, 0.1) is 6.04 Å². The number of nitrogens with one attached hydrogen (secondary N) is 2. The first-order valence-corrected chi connectivity index (χ1v) is 6.37. The maximum Gasteiger partial charge on any atom is 0.231 e. The van der Waals surface area contributed by atoms with Crippen molar-refractivity contribution in [2.75, 3.05) is 36.7 Å². The van der Waals surface area contributed by atoms with Crippen molar-refractivity contribution >= 4 is 17.8 Å². The standard InChI is InChI=1S/C13H19N7/c1-9(10-5-7-15-8-6-10)16-12-17-11(14-2)18-13(19-12)20(3)4/h5-9H,1-4H3,(H2,14,16,17,18,19). The lowest BCUT2D eigenvalue weighted by atomic mass is 10.1. The van der Waals surface area contributed by atoms with E-state index in [0.717, 1.165) is 5.56 Å². The molecule has 0 bridgehead atoms. The van der Waals surface area contributed by atoms with Gasteiger partial charge in [0.1, 0.15) is 0 Å². The molecule has 0 aliphatic heterocycles. The van der Waals surface area contributed by atoms with Crippen LogP contribution < -0.4 is 15.5 Å². The molecule has 0 saturated carbocycles. The summed E-state index contributed by atoms with van der Waals surface area (Å²) in [7, 11) is 5.57. The molecule has 0 radical (unpaired) electrons. The van der Waals surface area contributed by atoms with Gasteiger partial charge in [-0.3, -0.25) is 4.98 Å². The number of hydrogen-bond acceptors (Lipinski definition) is 7. The van der Waals surface area contributed by atoms with Crippen molar-refractivity contribution in [3.05, 3.63) is 30.1 Å². The quantitative estimate of drug-likeness (QED) is 0.855.